The molecule has 0 bridgehead atoms. The molecular weight excluding hydrogens is 305 g/mol. The van der Waals surface area contributed by atoms with Crippen LogP contribution in [0.5, 0.6) is 0 Å². The van der Waals surface area contributed by atoms with Gasteiger partial charge in [-0.05, 0) is 18.6 Å². The Hall–Kier alpha value is -2.43. The van der Waals surface area contributed by atoms with E-state index in [-0.39, 0.29) is 23.6 Å². The Balaban J connectivity index is 2.29. The van der Waals surface area contributed by atoms with Gasteiger partial charge in [0.05, 0.1) is 5.56 Å². The van der Waals surface area contributed by atoms with Crippen LogP contribution in [0.2, 0.25) is 0 Å². The van der Waals surface area contributed by atoms with Crippen LogP contribution in [0.1, 0.15) is 40.7 Å². The first-order valence-corrected chi connectivity index (χ1v) is 7.05. The average molecular weight is 320 g/mol. The highest BCUT2D eigenvalue weighted by molar-refractivity contribution is 6.00. The maximum absolute atomic E-state index is 12.8. The number of hydrogen-bond donors (Lipinski definition) is 0. The monoisotopic (exact) mass is 320 g/mol. The van der Waals surface area contributed by atoms with E-state index in [1.807, 2.05) is 0 Å². The number of halogens is 3. The molecule has 0 saturated carbocycles. The van der Waals surface area contributed by atoms with E-state index in [1.54, 1.807) is 30.3 Å². The van der Waals surface area contributed by atoms with E-state index in [2.05, 4.69) is 0 Å². The zero-order valence-corrected chi connectivity index (χ0v) is 12.4. The molecule has 5 heteroatoms. The summed E-state index contributed by atoms with van der Waals surface area (Å²) < 4.78 is 38.4. The van der Waals surface area contributed by atoms with Gasteiger partial charge < -0.3 is 0 Å². The second-order valence-electron chi connectivity index (χ2n) is 5.28. The predicted molar refractivity (Wildman–Crippen MR) is 80.3 cm³/mol. The van der Waals surface area contributed by atoms with Crippen LogP contribution in [0.3, 0.4) is 0 Å². The molecule has 0 heterocycles. The van der Waals surface area contributed by atoms with E-state index >= 15 is 0 Å². The van der Waals surface area contributed by atoms with Crippen LogP contribution >= 0.6 is 0 Å². The number of carbonyl (C=O) groups is 2. The zero-order valence-electron chi connectivity index (χ0n) is 12.4. The quantitative estimate of drug-likeness (QED) is 0.751. The second kappa shape index (κ2) is 6.77. The summed E-state index contributed by atoms with van der Waals surface area (Å²) in [5.41, 5.74) is -0.184. The van der Waals surface area contributed by atoms with Gasteiger partial charge in [0.1, 0.15) is 5.78 Å². The molecule has 0 aliphatic heterocycles. The van der Waals surface area contributed by atoms with E-state index in [1.165, 1.54) is 19.1 Å². The van der Waals surface area contributed by atoms with Gasteiger partial charge in [-0.3, -0.25) is 9.59 Å². The molecule has 0 aliphatic rings. The molecule has 1 atom stereocenters. The van der Waals surface area contributed by atoms with Crippen molar-refractivity contribution in [2.45, 2.75) is 25.4 Å². The molecule has 0 N–H and O–H groups in total. The molecule has 0 spiro atoms. The Morgan fingerprint density at radius 2 is 1.65 bits per heavy atom. The number of benzene rings is 2. The third kappa shape index (κ3) is 4.28. The third-order valence-corrected chi connectivity index (χ3v) is 3.59. The normalized spacial score (nSPS) is 12.7. The van der Waals surface area contributed by atoms with Gasteiger partial charge in [0.2, 0.25) is 0 Å². The lowest BCUT2D eigenvalue weighted by molar-refractivity contribution is -0.137. The van der Waals surface area contributed by atoms with E-state index in [4.69, 9.17) is 0 Å². The number of ketones is 2. The summed E-state index contributed by atoms with van der Waals surface area (Å²) in [6, 6.07) is 13.0. The Kier molecular flexibility index (Phi) is 4.98. The van der Waals surface area contributed by atoms with Crippen molar-refractivity contribution in [3.63, 3.8) is 0 Å². The van der Waals surface area contributed by atoms with Crippen LogP contribution in [0, 0.1) is 0 Å². The topological polar surface area (TPSA) is 34.1 Å². The minimum absolute atomic E-state index is 0.152. The van der Waals surface area contributed by atoms with Crippen molar-refractivity contribution in [1.82, 2.24) is 0 Å². The van der Waals surface area contributed by atoms with Crippen LogP contribution in [0.4, 0.5) is 13.2 Å². The van der Waals surface area contributed by atoms with Crippen molar-refractivity contribution in [2.24, 2.45) is 0 Å². The van der Waals surface area contributed by atoms with Gasteiger partial charge in [0.15, 0.2) is 5.78 Å². The highest BCUT2D eigenvalue weighted by Gasteiger charge is 2.31. The minimum atomic E-state index is -4.49. The van der Waals surface area contributed by atoms with Crippen LogP contribution in [0.15, 0.2) is 54.6 Å². The van der Waals surface area contributed by atoms with Crippen molar-refractivity contribution >= 4 is 11.6 Å². The molecule has 0 aromatic heterocycles. The first-order chi connectivity index (χ1) is 10.8. The number of rotatable bonds is 5. The number of alkyl halides is 3. The lowest BCUT2D eigenvalue weighted by Crippen LogP contribution is -2.15. The summed E-state index contributed by atoms with van der Waals surface area (Å²) in [7, 11) is 0. The van der Waals surface area contributed by atoms with Gasteiger partial charge in [-0.15, -0.1) is 0 Å². The standard InChI is InChI=1S/C18H15F3O2/c1-12(22)16(11-17(23)13-6-3-2-4-7-13)14-8-5-9-15(10-14)18(19,20)21/h2-10,16H,11H2,1H3. The molecule has 120 valence electrons. The molecular formula is C18H15F3O2. The molecule has 0 radical (unpaired) electrons. The van der Waals surface area contributed by atoms with Crippen molar-refractivity contribution in [3.05, 3.63) is 71.3 Å². The molecule has 0 saturated heterocycles. The molecule has 2 aromatic rings. The van der Waals surface area contributed by atoms with Crippen LogP contribution < -0.4 is 0 Å². The summed E-state index contributed by atoms with van der Waals surface area (Å²) in [4.78, 5) is 24.1. The molecule has 1 unspecified atom stereocenters. The first kappa shape index (κ1) is 16.9. The average Bonchev–Trinajstić information content (AvgIpc) is 2.52. The van der Waals surface area contributed by atoms with Crippen molar-refractivity contribution in [3.8, 4) is 0 Å². The van der Waals surface area contributed by atoms with E-state index in [0.717, 1.165) is 12.1 Å². The Morgan fingerprint density at radius 1 is 1.00 bits per heavy atom. The zero-order chi connectivity index (χ0) is 17.0. The summed E-state index contributed by atoms with van der Waals surface area (Å²) in [6.07, 6.45) is -4.64. The lowest BCUT2D eigenvalue weighted by Gasteiger charge is -2.16. The van der Waals surface area contributed by atoms with E-state index in [9.17, 15) is 22.8 Å². The number of Topliss-reactive ketones (excluding diaryl/α,β-unsaturated/α-hetero) is 2. The van der Waals surface area contributed by atoms with Crippen LogP contribution in [-0.4, -0.2) is 11.6 Å². The SMILES string of the molecule is CC(=O)C(CC(=O)c1ccccc1)c1cccc(C(F)(F)F)c1. The summed E-state index contributed by atoms with van der Waals surface area (Å²) in [6.45, 7) is 1.28. The van der Waals surface area contributed by atoms with Crippen molar-refractivity contribution in [2.75, 3.05) is 0 Å². The third-order valence-electron chi connectivity index (χ3n) is 3.59. The van der Waals surface area contributed by atoms with Crippen molar-refractivity contribution < 1.29 is 22.8 Å². The highest BCUT2D eigenvalue weighted by atomic mass is 19.4. The molecule has 2 rings (SSSR count). The van der Waals surface area contributed by atoms with Crippen molar-refractivity contribution in [1.29, 1.82) is 0 Å². The number of carbonyl (C=O) groups excluding carboxylic acids is 2. The largest absolute Gasteiger partial charge is 0.416 e. The van der Waals surface area contributed by atoms with Gasteiger partial charge >= 0.3 is 6.18 Å². The smallest absolute Gasteiger partial charge is 0.299 e. The summed E-state index contributed by atoms with van der Waals surface area (Å²) in [5, 5.41) is 0. The molecule has 0 amide bonds. The summed E-state index contributed by atoms with van der Waals surface area (Å²) >= 11 is 0. The van der Waals surface area contributed by atoms with Gasteiger partial charge in [0.25, 0.3) is 0 Å². The Labute approximate surface area is 131 Å². The minimum Gasteiger partial charge on any atom is -0.299 e. The Bertz CT molecular complexity index is 706. The van der Waals surface area contributed by atoms with Crippen LogP contribution in [0.25, 0.3) is 0 Å². The number of hydrogen-bond acceptors (Lipinski definition) is 2. The molecule has 23 heavy (non-hydrogen) atoms. The fourth-order valence-electron chi connectivity index (χ4n) is 2.36. The molecule has 2 aromatic carbocycles. The maximum Gasteiger partial charge on any atom is 0.416 e. The first-order valence-electron chi connectivity index (χ1n) is 7.05. The Morgan fingerprint density at radius 3 is 2.22 bits per heavy atom. The van der Waals surface area contributed by atoms with Gasteiger partial charge in [-0.25, -0.2) is 0 Å². The summed E-state index contributed by atoms with van der Waals surface area (Å²) in [5.74, 6) is -1.50. The molecule has 0 aliphatic carbocycles. The second-order valence-corrected chi connectivity index (χ2v) is 5.28. The fourth-order valence-corrected chi connectivity index (χ4v) is 2.36. The van der Waals surface area contributed by atoms with Gasteiger partial charge in [0, 0.05) is 17.9 Å². The van der Waals surface area contributed by atoms with Gasteiger partial charge in [-0.2, -0.15) is 13.2 Å². The molecule has 0 fully saturated rings. The lowest BCUT2D eigenvalue weighted by atomic mass is 9.88. The molecule has 2 nitrogen and oxygen atoms in total. The van der Waals surface area contributed by atoms with Gasteiger partial charge in [-0.1, -0.05) is 48.5 Å². The highest BCUT2D eigenvalue weighted by Crippen LogP contribution is 2.32. The van der Waals surface area contributed by atoms with E-state index < -0.39 is 17.7 Å². The van der Waals surface area contributed by atoms with Crippen LogP contribution in [-0.2, 0) is 11.0 Å². The maximum atomic E-state index is 12.8. The predicted octanol–water partition coefficient (Wildman–Crippen LogP) is 4.65. The van der Waals surface area contributed by atoms with E-state index in [0.29, 0.717) is 5.56 Å². The fraction of sp³-hybridized carbons (Fsp3) is 0.222.